The summed E-state index contributed by atoms with van der Waals surface area (Å²) in [4.78, 5) is 10.5. The highest BCUT2D eigenvalue weighted by Gasteiger charge is 2.25. The first-order valence-electron chi connectivity index (χ1n) is 6.38. The maximum absolute atomic E-state index is 13.5. The van der Waals surface area contributed by atoms with Crippen LogP contribution in [0.5, 0.6) is 11.5 Å². The molecular weight excluding hydrogens is 259 g/mol. The Kier molecular flexibility index (Phi) is 3.37. The van der Waals surface area contributed by atoms with Gasteiger partial charge in [-0.05, 0) is 30.3 Å². The summed E-state index contributed by atoms with van der Waals surface area (Å²) in [5.74, 6) is 0.661. The van der Waals surface area contributed by atoms with Gasteiger partial charge in [-0.1, -0.05) is 12.1 Å². The molecule has 20 heavy (non-hydrogen) atoms. The van der Waals surface area contributed by atoms with Gasteiger partial charge in [0.2, 0.25) is 0 Å². The number of fused-ring (bicyclic) bond motifs is 1. The van der Waals surface area contributed by atoms with E-state index in [9.17, 15) is 9.18 Å². The summed E-state index contributed by atoms with van der Waals surface area (Å²) in [5, 5.41) is 0. The van der Waals surface area contributed by atoms with Crippen molar-refractivity contribution in [1.82, 2.24) is 0 Å². The number of benzene rings is 2. The number of halogens is 1. The number of carbonyl (C=O) groups is 1. The number of rotatable bonds is 4. The summed E-state index contributed by atoms with van der Waals surface area (Å²) >= 11 is 0. The van der Waals surface area contributed by atoms with E-state index in [0.29, 0.717) is 30.1 Å². The Hall–Kier alpha value is -2.36. The second kappa shape index (κ2) is 5.33. The van der Waals surface area contributed by atoms with Crippen LogP contribution in [0.1, 0.15) is 15.9 Å². The Balaban J connectivity index is 1.60. The van der Waals surface area contributed by atoms with Crippen molar-refractivity contribution < 1.29 is 18.7 Å². The predicted molar refractivity (Wildman–Crippen MR) is 71.8 cm³/mol. The number of ether oxygens (including phenoxy) is 2. The second-order valence-corrected chi connectivity index (χ2v) is 4.67. The molecule has 4 heteroatoms. The third-order valence-electron chi connectivity index (χ3n) is 3.23. The minimum absolute atomic E-state index is 0.187. The van der Waals surface area contributed by atoms with E-state index in [1.54, 1.807) is 30.3 Å². The predicted octanol–water partition coefficient (Wildman–Crippen LogP) is 3.02. The number of aldehydes is 1. The molecule has 0 radical (unpaired) electrons. The van der Waals surface area contributed by atoms with E-state index in [1.807, 2.05) is 6.07 Å². The molecular formula is C16H13FO3. The Bertz CT molecular complexity index is 622. The molecule has 0 fully saturated rings. The van der Waals surface area contributed by atoms with E-state index in [2.05, 4.69) is 0 Å². The van der Waals surface area contributed by atoms with E-state index in [0.717, 1.165) is 11.8 Å². The lowest BCUT2D eigenvalue weighted by atomic mass is 10.1. The summed E-state index contributed by atoms with van der Waals surface area (Å²) in [7, 11) is 0. The fourth-order valence-corrected chi connectivity index (χ4v) is 2.22. The number of hydrogen-bond acceptors (Lipinski definition) is 3. The average molecular weight is 272 g/mol. The van der Waals surface area contributed by atoms with Gasteiger partial charge < -0.3 is 9.47 Å². The molecule has 1 unspecified atom stereocenters. The van der Waals surface area contributed by atoms with Gasteiger partial charge in [0.25, 0.3) is 0 Å². The number of hydrogen-bond donors (Lipinski definition) is 0. The van der Waals surface area contributed by atoms with Crippen molar-refractivity contribution >= 4 is 6.29 Å². The molecule has 0 saturated heterocycles. The first kappa shape index (κ1) is 12.7. The summed E-state index contributed by atoms with van der Waals surface area (Å²) in [6, 6.07) is 11.8. The van der Waals surface area contributed by atoms with Crippen LogP contribution in [-0.2, 0) is 6.42 Å². The molecule has 3 rings (SSSR count). The van der Waals surface area contributed by atoms with Gasteiger partial charge >= 0.3 is 0 Å². The highest BCUT2D eigenvalue weighted by Crippen LogP contribution is 2.31. The van der Waals surface area contributed by atoms with Crippen LogP contribution in [0.4, 0.5) is 4.39 Å². The Morgan fingerprint density at radius 2 is 2.05 bits per heavy atom. The van der Waals surface area contributed by atoms with Crippen LogP contribution in [0, 0.1) is 5.82 Å². The molecule has 1 atom stereocenters. The SMILES string of the molecule is O=Cc1ccc(OCC2Cc3cccc(F)c3O2)cc1. The number of para-hydroxylation sites is 1. The van der Waals surface area contributed by atoms with Crippen molar-refractivity contribution in [2.45, 2.75) is 12.5 Å². The summed E-state index contributed by atoms with van der Waals surface area (Å²) in [6.07, 6.45) is 1.23. The van der Waals surface area contributed by atoms with Gasteiger partial charge in [-0.3, -0.25) is 4.79 Å². The lowest BCUT2D eigenvalue weighted by Crippen LogP contribution is -2.22. The van der Waals surface area contributed by atoms with Gasteiger partial charge in [0.1, 0.15) is 24.7 Å². The van der Waals surface area contributed by atoms with E-state index in [1.165, 1.54) is 6.07 Å². The number of carbonyl (C=O) groups excluding carboxylic acids is 1. The highest BCUT2D eigenvalue weighted by molar-refractivity contribution is 5.74. The zero-order valence-electron chi connectivity index (χ0n) is 10.7. The molecule has 1 aliphatic heterocycles. The maximum Gasteiger partial charge on any atom is 0.165 e. The topological polar surface area (TPSA) is 35.5 Å². The van der Waals surface area contributed by atoms with Gasteiger partial charge in [-0.2, -0.15) is 0 Å². The van der Waals surface area contributed by atoms with Crippen molar-refractivity contribution in [1.29, 1.82) is 0 Å². The van der Waals surface area contributed by atoms with Crippen LogP contribution >= 0.6 is 0 Å². The van der Waals surface area contributed by atoms with Crippen molar-refractivity contribution in [3.63, 3.8) is 0 Å². The normalized spacial score (nSPS) is 16.4. The van der Waals surface area contributed by atoms with Crippen molar-refractivity contribution in [3.8, 4) is 11.5 Å². The fraction of sp³-hybridized carbons (Fsp3) is 0.188. The molecule has 3 nitrogen and oxygen atoms in total. The van der Waals surface area contributed by atoms with Crippen molar-refractivity contribution in [3.05, 3.63) is 59.4 Å². The van der Waals surface area contributed by atoms with Crippen LogP contribution in [0.2, 0.25) is 0 Å². The molecule has 1 heterocycles. The molecule has 1 aliphatic rings. The van der Waals surface area contributed by atoms with E-state index < -0.39 is 0 Å². The monoisotopic (exact) mass is 272 g/mol. The largest absolute Gasteiger partial charge is 0.490 e. The molecule has 0 saturated carbocycles. The van der Waals surface area contributed by atoms with Gasteiger partial charge in [-0.25, -0.2) is 4.39 Å². The molecule has 2 aromatic carbocycles. The molecule has 2 aromatic rings. The minimum atomic E-state index is -0.333. The van der Waals surface area contributed by atoms with Crippen LogP contribution in [0.25, 0.3) is 0 Å². The lowest BCUT2D eigenvalue weighted by Gasteiger charge is -2.12. The molecule has 0 N–H and O–H groups in total. The zero-order chi connectivity index (χ0) is 13.9. The van der Waals surface area contributed by atoms with E-state index in [-0.39, 0.29) is 11.9 Å². The molecule has 102 valence electrons. The standard InChI is InChI=1S/C16H13FO3/c17-15-3-1-2-12-8-14(20-16(12)15)10-19-13-6-4-11(9-18)5-7-13/h1-7,9,14H,8,10H2. The summed E-state index contributed by atoms with van der Waals surface area (Å²) in [6.45, 7) is 0.342. The average Bonchev–Trinajstić information content (AvgIpc) is 2.90. The first-order chi connectivity index (χ1) is 9.76. The molecule has 0 bridgehead atoms. The maximum atomic E-state index is 13.5. The van der Waals surface area contributed by atoms with Gasteiger partial charge in [0.15, 0.2) is 11.6 Å². The van der Waals surface area contributed by atoms with Crippen molar-refractivity contribution in [2.24, 2.45) is 0 Å². The third-order valence-corrected chi connectivity index (χ3v) is 3.23. The summed E-state index contributed by atoms with van der Waals surface area (Å²) < 4.78 is 24.7. The summed E-state index contributed by atoms with van der Waals surface area (Å²) in [5.41, 5.74) is 1.47. The van der Waals surface area contributed by atoms with Crippen LogP contribution < -0.4 is 9.47 Å². The molecule has 0 amide bonds. The molecule has 0 aromatic heterocycles. The Morgan fingerprint density at radius 1 is 1.25 bits per heavy atom. The van der Waals surface area contributed by atoms with Crippen LogP contribution in [0.15, 0.2) is 42.5 Å². The second-order valence-electron chi connectivity index (χ2n) is 4.67. The first-order valence-corrected chi connectivity index (χ1v) is 6.38. The zero-order valence-corrected chi connectivity index (χ0v) is 10.7. The quantitative estimate of drug-likeness (QED) is 0.803. The highest BCUT2D eigenvalue weighted by atomic mass is 19.1. The minimum Gasteiger partial charge on any atom is -0.490 e. The van der Waals surface area contributed by atoms with E-state index in [4.69, 9.17) is 9.47 Å². The van der Waals surface area contributed by atoms with Gasteiger partial charge in [-0.15, -0.1) is 0 Å². The Morgan fingerprint density at radius 3 is 2.75 bits per heavy atom. The van der Waals surface area contributed by atoms with E-state index >= 15 is 0 Å². The Labute approximate surface area is 115 Å². The van der Waals surface area contributed by atoms with Gasteiger partial charge in [0, 0.05) is 17.5 Å². The fourth-order valence-electron chi connectivity index (χ4n) is 2.22. The van der Waals surface area contributed by atoms with Crippen LogP contribution in [0.3, 0.4) is 0 Å². The molecule has 0 aliphatic carbocycles. The van der Waals surface area contributed by atoms with Gasteiger partial charge in [0.05, 0.1) is 0 Å². The molecule has 0 spiro atoms. The smallest absolute Gasteiger partial charge is 0.165 e. The van der Waals surface area contributed by atoms with Crippen LogP contribution in [-0.4, -0.2) is 19.0 Å². The third kappa shape index (κ3) is 2.50. The van der Waals surface area contributed by atoms with Crippen molar-refractivity contribution in [2.75, 3.05) is 6.61 Å². The lowest BCUT2D eigenvalue weighted by molar-refractivity contribution is 0.112.